The van der Waals surface area contributed by atoms with Gasteiger partial charge in [-0.05, 0) is 30.5 Å². The normalized spacial score (nSPS) is 15.8. The molecule has 2 aromatic rings. The molecule has 1 N–H and O–H groups in total. The third kappa shape index (κ3) is 4.54. The molecule has 1 aliphatic rings. The first-order valence-corrected chi connectivity index (χ1v) is 9.12. The summed E-state index contributed by atoms with van der Waals surface area (Å²) in [4.78, 5) is 26.7. The van der Waals surface area contributed by atoms with Crippen LogP contribution in [0.15, 0.2) is 48.5 Å². The Bertz CT molecular complexity index is 825. The van der Waals surface area contributed by atoms with Crippen LogP contribution in [-0.4, -0.2) is 43.7 Å². The first kappa shape index (κ1) is 19.5. The summed E-state index contributed by atoms with van der Waals surface area (Å²) in [6, 6.07) is 14.0. The van der Waals surface area contributed by atoms with Crippen LogP contribution in [0, 0.1) is 0 Å². The van der Waals surface area contributed by atoms with Crippen molar-refractivity contribution in [3.63, 3.8) is 0 Å². The first-order valence-electron chi connectivity index (χ1n) is 9.12. The Kier molecular flexibility index (Phi) is 6.37. The van der Waals surface area contributed by atoms with E-state index in [0.29, 0.717) is 30.2 Å². The third-order valence-electron chi connectivity index (χ3n) is 4.66. The van der Waals surface area contributed by atoms with Crippen LogP contribution in [0.5, 0.6) is 11.5 Å². The van der Waals surface area contributed by atoms with Gasteiger partial charge in [-0.15, -0.1) is 0 Å². The maximum absolute atomic E-state index is 12.8. The second-order valence-electron chi connectivity index (χ2n) is 6.45. The molecule has 0 aliphatic carbocycles. The summed E-state index contributed by atoms with van der Waals surface area (Å²) in [5.41, 5.74) is 1.43. The van der Waals surface area contributed by atoms with Gasteiger partial charge in [-0.3, -0.25) is 9.69 Å². The number of carbonyl (C=O) groups excluding carboxylic acids is 2. The highest BCUT2D eigenvalue weighted by Gasteiger charge is 2.35. The van der Waals surface area contributed by atoms with Crippen LogP contribution in [0.4, 0.5) is 10.5 Å². The van der Waals surface area contributed by atoms with Gasteiger partial charge in [0.2, 0.25) is 5.91 Å². The second kappa shape index (κ2) is 9.12. The zero-order valence-electron chi connectivity index (χ0n) is 16.0. The Morgan fingerprint density at radius 1 is 1.11 bits per heavy atom. The lowest BCUT2D eigenvalue weighted by molar-refractivity contribution is -0.120. The van der Waals surface area contributed by atoms with E-state index in [9.17, 15) is 9.59 Å². The van der Waals surface area contributed by atoms with E-state index in [0.717, 1.165) is 12.0 Å². The standard InChI is InChI=1S/C21H24N2O5/c1-26-16-10-11-17(19(13-16)27-2)22-20(24)18-9-6-12-23(18)21(25)28-14-15-7-4-3-5-8-15/h3-5,7-8,10-11,13,18H,6,9,12,14H2,1-2H3,(H,22,24). The number of likely N-dealkylation sites (tertiary alicyclic amines) is 1. The fraction of sp³-hybridized carbons (Fsp3) is 0.333. The molecule has 1 aliphatic heterocycles. The molecule has 0 bridgehead atoms. The fourth-order valence-electron chi connectivity index (χ4n) is 3.18. The van der Waals surface area contributed by atoms with E-state index in [1.165, 1.54) is 12.0 Å². The molecule has 1 saturated heterocycles. The predicted octanol–water partition coefficient (Wildman–Crippen LogP) is 3.44. The lowest BCUT2D eigenvalue weighted by atomic mass is 10.2. The van der Waals surface area contributed by atoms with Crippen LogP contribution in [0.1, 0.15) is 18.4 Å². The lowest BCUT2D eigenvalue weighted by Gasteiger charge is -2.23. The Morgan fingerprint density at radius 2 is 1.89 bits per heavy atom. The largest absolute Gasteiger partial charge is 0.497 e. The van der Waals surface area contributed by atoms with E-state index in [1.807, 2.05) is 30.3 Å². The summed E-state index contributed by atoms with van der Waals surface area (Å²) in [6.45, 7) is 0.669. The average Bonchev–Trinajstić information content (AvgIpc) is 3.23. The summed E-state index contributed by atoms with van der Waals surface area (Å²) >= 11 is 0. The van der Waals surface area contributed by atoms with Gasteiger partial charge in [0.15, 0.2) is 0 Å². The van der Waals surface area contributed by atoms with Crippen molar-refractivity contribution in [1.29, 1.82) is 0 Å². The number of hydrogen-bond donors (Lipinski definition) is 1. The van der Waals surface area contributed by atoms with Crippen molar-refractivity contribution < 1.29 is 23.8 Å². The van der Waals surface area contributed by atoms with Crippen molar-refractivity contribution in [3.05, 3.63) is 54.1 Å². The molecular weight excluding hydrogens is 360 g/mol. The molecule has 2 amide bonds. The molecule has 2 aromatic carbocycles. The van der Waals surface area contributed by atoms with E-state index >= 15 is 0 Å². The molecule has 1 fully saturated rings. The van der Waals surface area contributed by atoms with E-state index in [1.54, 1.807) is 25.3 Å². The van der Waals surface area contributed by atoms with Gasteiger partial charge in [-0.2, -0.15) is 0 Å². The summed E-state index contributed by atoms with van der Waals surface area (Å²) in [7, 11) is 3.08. The van der Waals surface area contributed by atoms with Gasteiger partial charge in [0.1, 0.15) is 24.1 Å². The number of nitrogens with zero attached hydrogens (tertiary/aromatic N) is 1. The van der Waals surface area contributed by atoms with Gasteiger partial charge in [-0.1, -0.05) is 30.3 Å². The minimum Gasteiger partial charge on any atom is -0.497 e. The van der Waals surface area contributed by atoms with Crippen LogP contribution < -0.4 is 14.8 Å². The molecule has 0 radical (unpaired) electrons. The molecule has 28 heavy (non-hydrogen) atoms. The summed E-state index contributed by atoms with van der Waals surface area (Å²) < 4.78 is 15.9. The molecule has 7 nitrogen and oxygen atoms in total. The Labute approximate surface area is 164 Å². The summed E-state index contributed by atoms with van der Waals surface area (Å²) in [5.74, 6) is 0.850. The molecule has 1 heterocycles. The number of carbonyl (C=O) groups is 2. The lowest BCUT2D eigenvalue weighted by Crippen LogP contribution is -2.43. The zero-order valence-corrected chi connectivity index (χ0v) is 16.0. The highest BCUT2D eigenvalue weighted by atomic mass is 16.6. The molecular formula is C21H24N2O5. The van der Waals surface area contributed by atoms with Crippen LogP contribution in [-0.2, 0) is 16.1 Å². The molecule has 1 atom stereocenters. The van der Waals surface area contributed by atoms with E-state index in [4.69, 9.17) is 14.2 Å². The molecule has 0 spiro atoms. The highest BCUT2D eigenvalue weighted by molar-refractivity contribution is 5.98. The number of benzene rings is 2. The number of nitrogens with one attached hydrogen (secondary N) is 1. The SMILES string of the molecule is COc1ccc(NC(=O)C2CCCN2C(=O)OCc2ccccc2)c(OC)c1. The van der Waals surface area contributed by atoms with Crippen LogP contribution >= 0.6 is 0 Å². The van der Waals surface area contributed by atoms with E-state index < -0.39 is 12.1 Å². The minimum absolute atomic E-state index is 0.177. The molecule has 0 aromatic heterocycles. The molecule has 148 valence electrons. The quantitative estimate of drug-likeness (QED) is 0.826. The third-order valence-corrected chi connectivity index (χ3v) is 4.66. The van der Waals surface area contributed by atoms with Crippen LogP contribution in [0.3, 0.4) is 0 Å². The molecule has 1 unspecified atom stereocenters. The fourth-order valence-corrected chi connectivity index (χ4v) is 3.18. The number of methoxy groups -OCH3 is 2. The van der Waals surface area contributed by atoms with Crippen LogP contribution in [0.2, 0.25) is 0 Å². The summed E-state index contributed by atoms with van der Waals surface area (Å²) in [6.07, 6.45) is 0.853. The van der Waals surface area contributed by atoms with Gasteiger partial charge in [-0.25, -0.2) is 4.79 Å². The number of rotatable bonds is 6. The first-order chi connectivity index (χ1) is 13.6. The molecule has 7 heteroatoms. The van der Waals surface area contributed by atoms with Gasteiger partial charge >= 0.3 is 6.09 Å². The Hall–Kier alpha value is -3.22. The predicted molar refractivity (Wildman–Crippen MR) is 105 cm³/mol. The number of ether oxygens (including phenoxy) is 3. The maximum atomic E-state index is 12.8. The highest BCUT2D eigenvalue weighted by Crippen LogP contribution is 2.30. The van der Waals surface area contributed by atoms with Crippen molar-refractivity contribution in [2.75, 3.05) is 26.1 Å². The van der Waals surface area contributed by atoms with Crippen molar-refractivity contribution in [2.45, 2.75) is 25.5 Å². The average molecular weight is 384 g/mol. The van der Waals surface area contributed by atoms with Gasteiger partial charge in [0.05, 0.1) is 19.9 Å². The smallest absolute Gasteiger partial charge is 0.410 e. The van der Waals surface area contributed by atoms with Crippen molar-refractivity contribution in [3.8, 4) is 11.5 Å². The summed E-state index contributed by atoms with van der Waals surface area (Å²) in [5, 5.41) is 2.84. The van der Waals surface area contributed by atoms with Gasteiger partial charge in [0, 0.05) is 12.6 Å². The van der Waals surface area contributed by atoms with Gasteiger partial charge < -0.3 is 19.5 Å². The molecule has 3 rings (SSSR count). The number of hydrogen-bond acceptors (Lipinski definition) is 5. The van der Waals surface area contributed by atoms with Crippen LogP contribution in [0.25, 0.3) is 0 Å². The Balaban J connectivity index is 1.63. The van der Waals surface area contributed by atoms with E-state index in [2.05, 4.69) is 5.32 Å². The zero-order chi connectivity index (χ0) is 19.9. The van der Waals surface area contributed by atoms with Gasteiger partial charge in [0.25, 0.3) is 0 Å². The van der Waals surface area contributed by atoms with Crippen molar-refractivity contribution >= 4 is 17.7 Å². The molecule has 0 saturated carbocycles. The Morgan fingerprint density at radius 3 is 2.61 bits per heavy atom. The van der Waals surface area contributed by atoms with Crippen molar-refractivity contribution in [2.24, 2.45) is 0 Å². The maximum Gasteiger partial charge on any atom is 0.410 e. The second-order valence-corrected chi connectivity index (χ2v) is 6.45. The monoisotopic (exact) mass is 384 g/mol. The van der Waals surface area contributed by atoms with E-state index in [-0.39, 0.29) is 12.5 Å². The topological polar surface area (TPSA) is 77.1 Å². The number of amides is 2. The minimum atomic E-state index is -0.574. The number of anilines is 1. The van der Waals surface area contributed by atoms with Crippen molar-refractivity contribution in [1.82, 2.24) is 4.90 Å².